The number of carboxylic acid groups (broad SMARTS) is 2. The average Bonchev–Trinajstić information content (AvgIpc) is 1.99. The summed E-state index contributed by atoms with van der Waals surface area (Å²) in [5, 5.41) is 17.9. The van der Waals surface area contributed by atoms with E-state index in [9.17, 15) is 9.59 Å². The molecule has 0 atom stereocenters. The van der Waals surface area contributed by atoms with E-state index in [1.165, 1.54) is 6.92 Å². The average molecular weight is 208 g/mol. The van der Waals surface area contributed by atoms with Gasteiger partial charge in [0.15, 0.2) is 0 Å². The summed E-state index contributed by atoms with van der Waals surface area (Å²) in [7, 11) is 0. The molecule has 0 spiro atoms. The van der Waals surface area contributed by atoms with Gasteiger partial charge in [-0.3, -0.25) is 0 Å². The summed E-state index contributed by atoms with van der Waals surface area (Å²) in [6, 6.07) is 1.58. The molecule has 15 heavy (non-hydrogen) atoms. The van der Waals surface area contributed by atoms with Gasteiger partial charge in [0.25, 0.3) is 0 Å². The molecular weight excluding hydrogens is 196 g/mol. The van der Waals surface area contributed by atoms with E-state index in [0.717, 1.165) is 0 Å². The molecule has 0 aliphatic carbocycles. The molecule has 4 nitrogen and oxygen atoms in total. The monoisotopic (exact) mass is 208 g/mol. The van der Waals surface area contributed by atoms with Crippen LogP contribution in [0.3, 0.4) is 0 Å². The van der Waals surface area contributed by atoms with Gasteiger partial charge in [0, 0.05) is 0 Å². The molecule has 0 aliphatic rings. The highest BCUT2D eigenvalue weighted by Crippen LogP contribution is 2.22. The van der Waals surface area contributed by atoms with Crippen molar-refractivity contribution in [3.8, 4) is 0 Å². The molecule has 4 heteroatoms. The van der Waals surface area contributed by atoms with E-state index in [-0.39, 0.29) is 11.1 Å². The molecule has 0 saturated heterocycles. The Morgan fingerprint density at radius 3 is 1.53 bits per heavy atom. The topological polar surface area (TPSA) is 74.6 Å². The molecule has 0 amide bonds. The summed E-state index contributed by atoms with van der Waals surface area (Å²) in [4.78, 5) is 21.9. The number of aryl methyl sites for hydroxylation is 2. The summed E-state index contributed by atoms with van der Waals surface area (Å²) in [6.07, 6.45) is 0. The molecule has 0 saturated carbocycles. The Hall–Kier alpha value is -1.84. The number of hydrogen-bond donors (Lipinski definition) is 2. The zero-order valence-electron chi connectivity index (χ0n) is 8.79. The fraction of sp³-hybridized carbons (Fsp3) is 0.273. The molecular formula is C11H12O4. The van der Waals surface area contributed by atoms with E-state index in [4.69, 9.17) is 10.2 Å². The van der Waals surface area contributed by atoms with Crippen molar-refractivity contribution in [2.24, 2.45) is 0 Å². The Morgan fingerprint density at radius 1 is 0.933 bits per heavy atom. The first kappa shape index (κ1) is 11.2. The summed E-state index contributed by atoms with van der Waals surface area (Å²) < 4.78 is 0. The van der Waals surface area contributed by atoms with Crippen molar-refractivity contribution >= 4 is 11.9 Å². The van der Waals surface area contributed by atoms with Gasteiger partial charge in [-0.15, -0.1) is 0 Å². The number of hydrogen-bond acceptors (Lipinski definition) is 2. The maximum atomic E-state index is 10.9. The Labute approximate surface area is 87.2 Å². The molecule has 1 rings (SSSR count). The van der Waals surface area contributed by atoms with Crippen molar-refractivity contribution in [1.82, 2.24) is 0 Å². The summed E-state index contributed by atoms with van der Waals surface area (Å²) in [6.45, 7) is 4.84. The predicted molar refractivity (Wildman–Crippen MR) is 54.6 cm³/mol. The van der Waals surface area contributed by atoms with E-state index in [0.29, 0.717) is 16.7 Å². The Morgan fingerprint density at radius 2 is 1.27 bits per heavy atom. The largest absolute Gasteiger partial charge is 0.478 e. The Balaban J connectivity index is 3.64. The highest BCUT2D eigenvalue weighted by atomic mass is 16.4. The van der Waals surface area contributed by atoms with E-state index >= 15 is 0 Å². The van der Waals surface area contributed by atoms with Gasteiger partial charge in [-0.05, 0) is 37.5 Å². The van der Waals surface area contributed by atoms with Gasteiger partial charge in [-0.1, -0.05) is 6.07 Å². The van der Waals surface area contributed by atoms with Crippen molar-refractivity contribution < 1.29 is 19.8 Å². The van der Waals surface area contributed by atoms with Crippen LogP contribution in [0.2, 0.25) is 0 Å². The smallest absolute Gasteiger partial charge is 0.336 e. The van der Waals surface area contributed by atoms with Crippen LogP contribution < -0.4 is 0 Å². The minimum atomic E-state index is -1.09. The normalized spacial score (nSPS) is 10.1. The first-order chi connectivity index (χ1) is 6.86. The van der Waals surface area contributed by atoms with Gasteiger partial charge in [0.05, 0.1) is 11.1 Å². The lowest BCUT2D eigenvalue weighted by Gasteiger charge is -2.11. The minimum Gasteiger partial charge on any atom is -0.478 e. The van der Waals surface area contributed by atoms with Crippen LogP contribution in [0.1, 0.15) is 37.4 Å². The first-order valence-electron chi connectivity index (χ1n) is 4.43. The van der Waals surface area contributed by atoms with Crippen molar-refractivity contribution in [1.29, 1.82) is 0 Å². The van der Waals surface area contributed by atoms with Crippen molar-refractivity contribution in [2.75, 3.05) is 0 Å². The molecule has 80 valence electrons. The number of rotatable bonds is 2. The molecule has 0 bridgehead atoms. The fourth-order valence-corrected chi connectivity index (χ4v) is 1.84. The molecule has 0 heterocycles. The number of benzene rings is 1. The van der Waals surface area contributed by atoms with Crippen LogP contribution in [0.5, 0.6) is 0 Å². The number of aromatic carboxylic acids is 2. The van der Waals surface area contributed by atoms with Crippen molar-refractivity contribution in [2.45, 2.75) is 20.8 Å². The maximum absolute atomic E-state index is 10.9. The highest BCUT2D eigenvalue weighted by Gasteiger charge is 2.19. The first-order valence-corrected chi connectivity index (χ1v) is 4.43. The molecule has 0 aliphatic heterocycles. The molecule has 1 aromatic carbocycles. The SMILES string of the molecule is Cc1cc(C)c(C(=O)O)c(C)c1C(=O)O. The van der Waals surface area contributed by atoms with E-state index in [1.54, 1.807) is 19.9 Å². The molecule has 2 N–H and O–H groups in total. The lowest BCUT2D eigenvalue weighted by atomic mass is 9.93. The maximum Gasteiger partial charge on any atom is 0.336 e. The molecule has 0 unspecified atom stereocenters. The summed E-state index contributed by atoms with van der Waals surface area (Å²) >= 11 is 0. The van der Waals surface area contributed by atoms with Gasteiger partial charge < -0.3 is 10.2 Å². The second-order valence-electron chi connectivity index (χ2n) is 3.50. The Kier molecular flexibility index (Phi) is 2.79. The second-order valence-corrected chi connectivity index (χ2v) is 3.50. The van der Waals surface area contributed by atoms with Crippen LogP contribution in [0.25, 0.3) is 0 Å². The lowest BCUT2D eigenvalue weighted by molar-refractivity contribution is 0.0695. The van der Waals surface area contributed by atoms with E-state index in [2.05, 4.69) is 0 Å². The van der Waals surface area contributed by atoms with Crippen LogP contribution >= 0.6 is 0 Å². The van der Waals surface area contributed by atoms with Gasteiger partial charge in [-0.25, -0.2) is 9.59 Å². The number of carboxylic acids is 2. The van der Waals surface area contributed by atoms with Crippen LogP contribution in [0.15, 0.2) is 6.07 Å². The summed E-state index contributed by atoms with van der Waals surface area (Å²) in [5.74, 6) is -2.18. The summed E-state index contributed by atoms with van der Waals surface area (Å²) in [5.41, 5.74) is 1.65. The third kappa shape index (κ3) is 1.83. The molecule has 0 fully saturated rings. The van der Waals surface area contributed by atoms with Crippen LogP contribution in [-0.2, 0) is 0 Å². The second kappa shape index (κ2) is 3.73. The zero-order valence-corrected chi connectivity index (χ0v) is 8.79. The lowest BCUT2D eigenvalue weighted by Crippen LogP contribution is -2.11. The highest BCUT2D eigenvalue weighted by molar-refractivity contribution is 5.98. The predicted octanol–water partition coefficient (Wildman–Crippen LogP) is 2.01. The standard InChI is InChI=1S/C11H12O4/c1-5-4-6(2)9(11(14)15)7(3)8(5)10(12)13/h4H,1-3H3,(H,12,13)(H,14,15). The zero-order chi connectivity index (χ0) is 11.7. The molecule has 1 aromatic rings. The van der Waals surface area contributed by atoms with Crippen LogP contribution in [0.4, 0.5) is 0 Å². The van der Waals surface area contributed by atoms with Gasteiger partial charge in [0.2, 0.25) is 0 Å². The quantitative estimate of drug-likeness (QED) is 0.779. The molecule has 0 radical (unpaired) electrons. The fourth-order valence-electron chi connectivity index (χ4n) is 1.84. The van der Waals surface area contributed by atoms with E-state index < -0.39 is 11.9 Å². The van der Waals surface area contributed by atoms with Crippen LogP contribution in [-0.4, -0.2) is 22.2 Å². The van der Waals surface area contributed by atoms with E-state index in [1.807, 2.05) is 0 Å². The van der Waals surface area contributed by atoms with Crippen molar-refractivity contribution in [3.05, 3.63) is 33.9 Å². The Bertz CT molecular complexity index is 408. The minimum absolute atomic E-state index is 0.0815. The van der Waals surface area contributed by atoms with Gasteiger partial charge >= 0.3 is 11.9 Å². The van der Waals surface area contributed by atoms with Crippen molar-refractivity contribution in [3.63, 3.8) is 0 Å². The van der Waals surface area contributed by atoms with Gasteiger partial charge in [0.1, 0.15) is 0 Å². The molecule has 0 aromatic heterocycles. The third-order valence-electron chi connectivity index (χ3n) is 2.40. The number of carbonyl (C=O) groups is 2. The van der Waals surface area contributed by atoms with Gasteiger partial charge in [-0.2, -0.15) is 0 Å². The third-order valence-corrected chi connectivity index (χ3v) is 2.40. The van der Waals surface area contributed by atoms with Crippen LogP contribution in [0, 0.1) is 20.8 Å².